The predicted octanol–water partition coefficient (Wildman–Crippen LogP) is 5.54. The molecule has 26 heavy (non-hydrogen) atoms. The third-order valence-corrected chi connectivity index (χ3v) is 6.93. The van der Waals surface area contributed by atoms with Crippen LogP contribution < -0.4 is 5.56 Å². The highest BCUT2D eigenvalue weighted by atomic mass is 32.2. The van der Waals surface area contributed by atoms with E-state index in [-0.39, 0.29) is 5.56 Å². The fourth-order valence-corrected chi connectivity index (χ4v) is 5.40. The summed E-state index contributed by atoms with van der Waals surface area (Å²) in [5.41, 5.74) is 2.42. The summed E-state index contributed by atoms with van der Waals surface area (Å²) >= 11 is 3.25. The molecule has 0 bridgehead atoms. The Morgan fingerprint density at radius 3 is 2.69 bits per heavy atom. The van der Waals surface area contributed by atoms with Gasteiger partial charge in [-0.25, -0.2) is 4.98 Å². The zero-order chi connectivity index (χ0) is 18.3. The van der Waals surface area contributed by atoms with Crippen LogP contribution >= 0.6 is 23.1 Å². The first-order valence-corrected chi connectivity index (χ1v) is 10.5. The van der Waals surface area contributed by atoms with E-state index in [2.05, 4.69) is 49.4 Å². The van der Waals surface area contributed by atoms with Crippen LogP contribution in [-0.2, 0) is 12.3 Å². The van der Waals surface area contributed by atoms with Crippen molar-refractivity contribution in [2.75, 3.05) is 0 Å². The van der Waals surface area contributed by atoms with Gasteiger partial charge in [0.05, 0.1) is 5.39 Å². The lowest BCUT2D eigenvalue weighted by molar-refractivity contribution is 0.635. The number of hydrogen-bond acceptors (Lipinski definition) is 4. The first-order valence-electron chi connectivity index (χ1n) is 8.70. The average Bonchev–Trinajstić information content (AvgIpc) is 2.94. The minimum atomic E-state index is 0.0831. The minimum absolute atomic E-state index is 0.0831. The van der Waals surface area contributed by atoms with Gasteiger partial charge in [-0.15, -0.1) is 11.3 Å². The lowest BCUT2D eigenvalue weighted by atomic mass is 10.1. The van der Waals surface area contributed by atoms with Crippen molar-refractivity contribution in [2.45, 2.75) is 38.2 Å². The highest BCUT2D eigenvalue weighted by Gasteiger charge is 2.16. The third-order valence-electron chi connectivity index (χ3n) is 4.81. The largest absolute Gasteiger partial charge is 0.287 e. The van der Waals surface area contributed by atoms with Crippen molar-refractivity contribution >= 4 is 44.1 Å². The van der Waals surface area contributed by atoms with Gasteiger partial charge < -0.3 is 0 Å². The Kier molecular flexibility index (Phi) is 4.59. The number of nitrogens with zero attached hydrogens (tertiary/aromatic N) is 2. The summed E-state index contributed by atoms with van der Waals surface area (Å²) in [5.74, 6) is 0.794. The second kappa shape index (κ2) is 6.89. The number of rotatable bonds is 4. The number of hydrogen-bond donors (Lipinski definition) is 0. The van der Waals surface area contributed by atoms with Crippen molar-refractivity contribution in [3.63, 3.8) is 0 Å². The van der Waals surface area contributed by atoms with E-state index in [1.165, 1.54) is 21.2 Å². The van der Waals surface area contributed by atoms with Crippen LogP contribution in [0.15, 0.2) is 52.4 Å². The lowest BCUT2D eigenvalue weighted by Gasteiger charge is -2.11. The highest BCUT2D eigenvalue weighted by Crippen LogP contribution is 2.30. The van der Waals surface area contributed by atoms with Crippen LogP contribution in [0.25, 0.3) is 21.0 Å². The summed E-state index contributed by atoms with van der Waals surface area (Å²) in [4.78, 5) is 19.8. The molecule has 4 aromatic rings. The second-order valence-electron chi connectivity index (χ2n) is 6.33. The fourth-order valence-electron chi connectivity index (χ4n) is 3.26. The normalized spacial score (nSPS) is 11.5. The van der Waals surface area contributed by atoms with Gasteiger partial charge in [0.1, 0.15) is 4.83 Å². The van der Waals surface area contributed by atoms with Crippen molar-refractivity contribution in [3.8, 4) is 0 Å². The topological polar surface area (TPSA) is 34.9 Å². The van der Waals surface area contributed by atoms with Gasteiger partial charge in [-0.05, 0) is 42.7 Å². The first-order chi connectivity index (χ1) is 12.6. The SMILES string of the molecule is CCn1c(SCc2cccc3ccccc23)nc2sc(C)c(C)c2c1=O. The van der Waals surface area contributed by atoms with E-state index in [4.69, 9.17) is 4.98 Å². The van der Waals surface area contributed by atoms with Gasteiger partial charge in [0.25, 0.3) is 5.56 Å². The maximum atomic E-state index is 13.0. The molecule has 0 amide bonds. The number of aromatic nitrogens is 2. The van der Waals surface area contributed by atoms with Gasteiger partial charge >= 0.3 is 0 Å². The quantitative estimate of drug-likeness (QED) is 0.344. The van der Waals surface area contributed by atoms with E-state index in [0.717, 1.165) is 26.7 Å². The van der Waals surface area contributed by atoms with Crippen molar-refractivity contribution in [2.24, 2.45) is 0 Å². The fraction of sp³-hybridized carbons (Fsp3) is 0.238. The molecule has 0 aliphatic rings. The van der Waals surface area contributed by atoms with Gasteiger partial charge in [0, 0.05) is 17.2 Å². The van der Waals surface area contributed by atoms with E-state index in [0.29, 0.717) is 6.54 Å². The zero-order valence-electron chi connectivity index (χ0n) is 15.1. The summed E-state index contributed by atoms with van der Waals surface area (Å²) in [5, 5.41) is 4.09. The molecule has 0 radical (unpaired) electrons. The molecule has 4 rings (SSSR count). The molecule has 3 nitrogen and oxygen atoms in total. The van der Waals surface area contributed by atoms with E-state index in [1.807, 2.05) is 13.8 Å². The Morgan fingerprint density at radius 1 is 1.12 bits per heavy atom. The summed E-state index contributed by atoms with van der Waals surface area (Å²) in [6.45, 7) is 6.71. The molecule has 0 N–H and O–H groups in total. The number of benzene rings is 2. The summed E-state index contributed by atoms with van der Waals surface area (Å²) < 4.78 is 1.80. The molecule has 0 unspecified atom stereocenters. The van der Waals surface area contributed by atoms with Crippen LogP contribution in [0.1, 0.15) is 22.9 Å². The van der Waals surface area contributed by atoms with Gasteiger partial charge in [-0.3, -0.25) is 9.36 Å². The molecule has 2 aromatic carbocycles. The van der Waals surface area contributed by atoms with Crippen molar-refractivity contribution < 1.29 is 0 Å². The second-order valence-corrected chi connectivity index (χ2v) is 8.48. The summed E-state index contributed by atoms with van der Waals surface area (Å²) in [6.07, 6.45) is 0. The third kappa shape index (κ3) is 2.85. The molecule has 0 saturated heterocycles. The Balaban J connectivity index is 1.76. The molecule has 132 valence electrons. The van der Waals surface area contributed by atoms with Gasteiger partial charge in [-0.2, -0.15) is 0 Å². The number of fused-ring (bicyclic) bond motifs is 2. The molecule has 2 aromatic heterocycles. The number of aryl methyl sites for hydroxylation is 2. The molecule has 0 aliphatic heterocycles. The Labute approximate surface area is 160 Å². The van der Waals surface area contributed by atoms with Crippen molar-refractivity contribution in [1.29, 1.82) is 0 Å². The van der Waals surface area contributed by atoms with Crippen LogP contribution in [0, 0.1) is 13.8 Å². The van der Waals surface area contributed by atoms with Crippen LogP contribution in [0.4, 0.5) is 0 Å². The Hall–Kier alpha value is -2.11. The molecular weight excluding hydrogens is 360 g/mol. The molecule has 0 fully saturated rings. The first kappa shape index (κ1) is 17.3. The maximum absolute atomic E-state index is 13.0. The highest BCUT2D eigenvalue weighted by molar-refractivity contribution is 7.98. The van der Waals surface area contributed by atoms with Crippen LogP contribution in [0.2, 0.25) is 0 Å². The standard InChI is InChI=1S/C21H20N2OS2/c1-4-23-20(24)18-13(2)14(3)26-19(18)22-21(23)25-12-16-10-7-9-15-8-5-6-11-17(15)16/h5-11H,4,12H2,1-3H3. The monoisotopic (exact) mass is 380 g/mol. The van der Waals surface area contributed by atoms with E-state index in [9.17, 15) is 4.79 Å². The lowest BCUT2D eigenvalue weighted by Crippen LogP contribution is -2.22. The van der Waals surface area contributed by atoms with E-state index >= 15 is 0 Å². The van der Waals surface area contributed by atoms with Crippen molar-refractivity contribution in [1.82, 2.24) is 9.55 Å². The van der Waals surface area contributed by atoms with Gasteiger partial charge in [-0.1, -0.05) is 54.2 Å². The molecule has 0 aliphatic carbocycles. The van der Waals surface area contributed by atoms with Gasteiger partial charge in [0.15, 0.2) is 5.16 Å². The van der Waals surface area contributed by atoms with E-state index in [1.54, 1.807) is 27.7 Å². The molecule has 0 saturated carbocycles. The maximum Gasteiger partial charge on any atom is 0.263 e. The van der Waals surface area contributed by atoms with Crippen LogP contribution in [-0.4, -0.2) is 9.55 Å². The number of thioether (sulfide) groups is 1. The average molecular weight is 381 g/mol. The molecule has 0 atom stereocenters. The van der Waals surface area contributed by atoms with E-state index < -0.39 is 0 Å². The summed E-state index contributed by atoms with van der Waals surface area (Å²) in [6, 6.07) is 14.8. The molecule has 2 heterocycles. The smallest absolute Gasteiger partial charge is 0.263 e. The Morgan fingerprint density at radius 2 is 1.88 bits per heavy atom. The zero-order valence-corrected chi connectivity index (χ0v) is 16.7. The molecular formula is C21H20N2OS2. The van der Waals surface area contributed by atoms with Crippen LogP contribution in [0.3, 0.4) is 0 Å². The minimum Gasteiger partial charge on any atom is -0.287 e. The predicted molar refractivity (Wildman–Crippen MR) is 113 cm³/mol. The van der Waals surface area contributed by atoms with Crippen LogP contribution in [0.5, 0.6) is 0 Å². The van der Waals surface area contributed by atoms with Gasteiger partial charge in [0.2, 0.25) is 0 Å². The molecule has 5 heteroatoms. The molecule has 0 spiro atoms. The Bertz CT molecular complexity index is 1170. The van der Waals surface area contributed by atoms with Crippen molar-refractivity contribution in [3.05, 3.63) is 68.8 Å². The summed E-state index contributed by atoms with van der Waals surface area (Å²) in [7, 11) is 0. The number of thiophene rings is 1.